The van der Waals surface area contributed by atoms with Crippen molar-refractivity contribution in [2.24, 2.45) is 0 Å². The molecule has 0 saturated carbocycles. The van der Waals surface area contributed by atoms with Crippen molar-refractivity contribution in [3.63, 3.8) is 0 Å². The molecule has 6 heteroatoms. The van der Waals surface area contributed by atoms with Crippen molar-refractivity contribution in [2.45, 2.75) is 6.92 Å². The number of hydrogen-bond acceptors (Lipinski definition) is 3. The molecule has 2 aromatic rings. The molecule has 0 radical (unpaired) electrons. The normalized spacial score (nSPS) is 14.2. The van der Waals surface area contributed by atoms with Gasteiger partial charge in [-0.15, -0.1) is 0 Å². The molecule has 1 fully saturated rings. The van der Waals surface area contributed by atoms with Gasteiger partial charge in [-0.2, -0.15) is 0 Å². The highest BCUT2D eigenvalue weighted by Gasteiger charge is 2.19. The third kappa shape index (κ3) is 4.18. The number of aryl methyl sites for hydroxylation is 1. The zero-order valence-electron chi connectivity index (χ0n) is 14.0. The summed E-state index contributed by atoms with van der Waals surface area (Å²) in [4.78, 5) is 26.9. The van der Waals surface area contributed by atoms with Crippen molar-refractivity contribution < 1.29 is 9.59 Å². The molecule has 2 aromatic carbocycles. The van der Waals surface area contributed by atoms with E-state index in [2.05, 4.69) is 10.6 Å². The summed E-state index contributed by atoms with van der Waals surface area (Å²) in [7, 11) is 0. The number of nitrogens with zero attached hydrogens (tertiary/aromatic N) is 1. The van der Waals surface area contributed by atoms with E-state index in [9.17, 15) is 9.59 Å². The van der Waals surface area contributed by atoms with E-state index in [1.165, 1.54) is 0 Å². The number of amides is 2. The Labute approximate surface area is 152 Å². The van der Waals surface area contributed by atoms with Gasteiger partial charge in [0.05, 0.1) is 0 Å². The largest absolute Gasteiger partial charge is 0.336 e. The van der Waals surface area contributed by atoms with Gasteiger partial charge in [0.15, 0.2) is 0 Å². The highest BCUT2D eigenvalue weighted by molar-refractivity contribution is 6.31. The molecule has 2 N–H and O–H groups in total. The second-order valence-electron chi connectivity index (χ2n) is 6.04. The van der Waals surface area contributed by atoms with E-state index >= 15 is 0 Å². The van der Waals surface area contributed by atoms with Gasteiger partial charge in [-0.1, -0.05) is 23.7 Å². The number of carbonyl (C=O) groups is 2. The lowest BCUT2D eigenvalue weighted by Gasteiger charge is -2.27. The van der Waals surface area contributed by atoms with Crippen molar-refractivity contribution in [2.75, 3.05) is 31.5 Å². The fraction of sp³-hybridized carbons (Fsp3) is 0.263. The third-order valence-electron chi connectivity index (χ3n) is 4.22. The fourth-order valence-electron chi connectivity index (χ4n) is 2.76. The van der Waals surface area contributed by atoms with E-state index in [-0.39, 0.29) is 11.8 Å². The average molecular weight is 358 g/mol. The van der Waals surface area contributed by atoms with Crippen LogP contribution in [0.5, 0.6) is 0 Å². The summed E-state index contributed by atoms with van der Waals surface area (Å²) in [5.74, 6) is -0.267. The summed E-state index contributed by atoms with van der Waals surface area (Å²) in [6.45, 7) is 4.88. The van der Waals surface area contributed by atoms with Crippen molar-refractivity contribution in [1.29, 1.82) is 0 Å². The summed E-state index contributed by atoms with van der Waals surface area (Å²) in [6.07, 6.45) is 0. The van der Waals surface area contributed by atoms with Gasteiger partial charge in [0.25, 0.3) is 11.8 Å². The first-order valence-corrected chi connectivity index (χ1v) is 8.60. The van der Waals surface area contributed by atoms with Crippen LogP contribution in [0, 0.1) is 6.92 Å². The van der Waals surface area contributed by atoms with Gasteiger partial charge in [-0.3, -0.25) is 9.59 Å². The molecule has 0 aromatic heterocycles. The molecule has 2 amide bonds. The molecule has 0 aliphatic carbocycles. The van der Waals surface area contributed by atoms with Crippen LogP contribution in [-0.4, -0.2) is 42.9 Å². The summed E-state index contributed by atoms with van der Waals surface area (Å²) < 4.78 is 0. The monoisotopic (exact) mass is 357 g/mol. The van der Waals surface area contributed by atoms with E-state index in [4.69, 9.17) is 11.6 Å². The van der Waals surface area contributed by atoms with E-state index < -0.39 is 0 Å². The minimum atomic E-state index is -0.252. The van der Waals surface area contributed by atoms with Crippen LogP contribution in [0.1, 0.15) is 26.3 Å². The number of hydrogen-bond donors (Lipinski definition) is 2. The summed E-state index contributed by atoms with van der Waals surface area (Å²) in [5.41, 5.74) is 2.58. The van der Waals surface area contributed by atoms with Crippen molar-refractivity contribution >= 4 is 29.1 Å². The third-order valence-corrected chi connectivity index (χ3v) is 4.46. The smallest absolute Gasteiger partial charge is 0.255 e. The van der Waals surface area contributed by atoms with Crippen LogP contribution >= 0.6 is 11.6 Å². The number of rotatable bonds is 3. The Hall–Kier alpha value is -2.37. The predicted octanol–water partition coefficient (Wildman–Crippen LogP) is 2.95. The fourth-order valence-corrected chi connectivity index (χ4v) is 2.95. The highest BCUT2D eigenvalue weighted by atomic mass is 35.5. The second-order valence-corrected chi connectivity index (χ2v) is 6.47. The van der Waals surface area contributed by atoms with Gasteiger partial charge in [-0.25, -0.2) is 0 Å². The molecule has 0 bridgehead atoms. The first kappa shape index (κ1) is 17.5. The van der Waals surface area contributed by atoms with Gasteiger partial charge < -0.3 is 15.5 Å². The molecule has 0 spiro atoms. The average Bonchev–Trinajstić information content (AvgIpc) is 2.63. The molecule has 1 aliphatic rings. The van der Waals surface area contributed by atoms with E-state index in [1.807, 2.05) is 17.9 Å². The standard InChI is InChI=1S/C19H20ClN3O2/c1-13-5-6-15(19(25)23-9-7-21-8-10-23)12-17(13)22-18(24)14-3-2-4-16(20)11-14/h2-6,11-12,21H,7-10H2,1H3,(H,22,24). The quantitative estimate of drug-likeness (QED) is 0.887. The molecular weight excluding hydrogens is 338 g/mol. The summed E-state index contributed by atoms with van der Waals surface area (Å²) >= 11 is 5.94. The van der Waals surface area contributed by atoms with E-state index in [1.54, 1.807) is 36.4 Å². The van der Waals surface area contributed by atoms with Gasteiger partial charge >= 0.3 is 0 Å². The van der Waals surface area contributed by atoms with E-state index in [0.717, 1.165) is 18.7 Å². The maximum atomic E-state index is 12.6. The Balaban J connectivity index is 1.79. The highest BCUT2D eigenvalue weighted by Crippen LogP contribution is 2.20. The first-order valence-electron chi connectivity index (χ1n) is 8.22. The lowest BCUT2D eigenvalue weighted by atomic mass is 10.1. The van der Waals surface area contributed by atoms with Crippen molar-refractivity contribution in [3.8, 4) is 0 Å². The predicted molar refractivity (Wildman–Crippen MR) is 99.4 cm³/mol. The van der Waals surface area contributed by atoms with Crippen LogP contribution in [-0.2, 0) is 0 Å². The Morgan fingerprint density at radius 2 is 1.84 bits per heavy atom. The van der Waals surface area contributed by atoms with Crippen LogP contribution < -0.4 is 10.6 Å². The Kier molecular flexibility index (Phi) is 5.36. The SMILES string of the molecule is Cc1ccc(C(=O)N2CCNCC2)cc1NC(=O)c1cccc(Cl)c1. The molecule has 130 valence electrons. The van der Waals surface area contributed by atoms with Crippen molar-refractivity contribution in [1.82, 2.24) is 10.2 Å². The molecule has 0 atom stereocenters. The zero-order chi connectivity index (χ0) is 17.8. The number of nitrogens with one attached hydrogen (secondary N) is 2. The number of piperazine rings is 1. The maximum absolute atomic E-state index is 12.6. The van der Waals surface area contributed by atoms with Crippen LogP contribution in [0.3, 0.4) is 0 Å². The van der Waals surface area contributed by atoms with Gasteiger partial charge in [0, 0.05) is 48.0 Å². The summed E-state index contributed by atoms with van der Waals surface area (Å²) in [5, 5.41) is 6.61. The minimum absolute atomic E-state index is 0.0141. The number of anilines is 1. The van der Waals surface area contributed by atoms with Crippen molar-refractivity contribution in [3.05, 3.63) is 64.2 Å². The summed E-state index contributed by atoms with van der Waals surface area (Å²) in [6, 6.07) is 12.2. The second kappa shape index (κ2) is 7.68. The van der Waals surface area contributed by atoms with Gasteiger partial charge in [0.2, 0.25) is 0 Å². The Morgan fingerprint density at radius 3 is 2.56 bits per heavy atom. The first-order chi connectivity index (χ1) is 12.0. The number of halogens is 1. The molecular formula is C19H20ClN3O2. The number of benzene rings is 2. The molecule has 0 unspecified atom stereocenters. The molecule has 1 saturated heterocycles. The van der Waals surface area contributed by atoms with Crippen LogP contribution in [0.15, 0.2) is 42.5 Å². The molecule has 3 rings (SSSR count). The zero-order valence-corrected chi connectivity index (χ0v) is 14.8. The molecule has 25 heavy (non-hydrogen) atoms. The van der Waals surface area contributed by atoms with Gasteiger partial charge in [0.1, 0.15) is 0 Å². The lowest BCUT2D eigenvalue weighted by molar-refractivity contribution is 0.0735. The van der Waals surface area contributed by atoms with E-state index in [0.29, 0.717) is 34.9 Å². The van der Waals surface area contributed by atoms with Crippen LogP contribution in [0.2, 0.25) is 5.02 Å². The Morgan fingerprint density at radius 1 is 1.08 bits per heavy atom. The Bertz CT molecular complexity index is 801. The molecule has 1 heterocycles. The lowest BCUT2D eigenvalue weighted by Crippen LogP contribution is -2.46. The van der Waals surface area contributed by atoms with Crippen LogP contribution in [0.25, 0.3) is 0 Å². The minimum Gasteiger partial charge on any atom is -0.336 e. The topological polar surface area (TPSA) is 61.4 Å². The maximum Gasteiger partial charge on any atom is 0.255 e. The molecule has 5 nitrogen and oxygen atoms in total. The van der Waals surface area contributed by atoms with Gasteiger partial charge in [-0.05, 0) is 42.8 Å². The molecule has 1 aliphatic heterocycles. The number of carbonyl (C=O) groups excluding carboxylic acids is 2. The van der Waals surface area contributed by atoms with Crippen LogP contribution in [0.4, 0.5) is 5.69 Å².